The van der Waals surface area contributed by atoms with E-state index < -0.39 is 0 Å². The molecule has 0 spiro atoms. The van der Waals surface area contributed by atoms with Crippen LogP contribution in [-0.4, -0.2) is 31.8 Å². The van der Waals surface area contributed by atoms with E-state index in [4.69, 9.17) is 10.1 Å². The maximum Gasteiger partial charge on any atom is 0.161 e. The van der Waals surface area contributed by atoms with Crippen molar-refractivity contribution in [3.8, 4) is 17.1 Å². The lowest BCUT2D eigenvalue weighted by Gasteiger charge is -2.20. The highest BCUT2D eigenvalue weighted by Gasteiger charge is 2.17. The molecule has 0 aliphatic rings. The van der Waals surface area contributed by atoms with Gasteiger partial charge in [-0.05, 0) is 51.5 Å². The number of hydrogen-bond donors (Lipinski definition) is 0. The zero-order chi connectivity index (χ0) is 21.3. The fourth-order valence-electron chi connectivity index (χ4n) is 3.64. The fraction of sp³-hybridized carbons (Fsp3) is 0.250. The molecule has 6 heteroatoms. The molecular formula is C24H26N6. The molecule has 0 fully saturated rings. The molecule has 0 amide bonds. The Morgan fingerprint density at radius 1 is 0.933 bits per heavy atom. The summed E-state index contributed by atoms with van der Waals surface area (Å²) in [5.41, 5.74) is 7.60. The van der Waals surface area contributed by atoms with E-state index in [1.165, 1.54) is 11.1 Å². The number of para-hydroxylation sites is 1. The van der Waals surface area contributed by atoms with E-state index in [-0.39, 0.29) is 0 Å². The summed E-state index contributed by atoms with van der Waals surface area (Å²) in [6, 6.07) is 14.2. The third kappa shape index (κ3) is 3.81. The average Bonchev–Trinajstić information content (AvgIpc) is 3.02. The second-order valence-corrected chi connectivity index (χ2v) is 7.63. The van der Waals surface area contributed by atoms with Crippen LogP contribution in [-0.2, 0) is 6.54 Å². The van der Waals surface area contributed by atoms with E-state index in [9.17, 15) is 0 Å². The van der Waals surface area contributed by atoms with Gasteiger partial charge < -0.3 is 4.90 Å². The summed E-state index contributed by atoms with van der Waals surface area (Å²) in [5, 5.41) is 4.82. The second-order valence-electron chi connectivity index (χ2n) is 7.63. The van der Waals surface area contributed by atoms with Gasteiger partial charge in [-0.3, -0.25) is 4.98 Å². The van der Waals surface area contributed by atoms with Gasteiger partial charge in [0.05, 0.1) is 11.4 Å². The molecule has 0 unspecified atom stereocenters. The van der Waals surface area contributed by atoms with Crippen molar-refractivity contribution in [1.82, 2.24) is 24.7 Å². The Labute approximate surface area is 177 Å². The van der Waals surface area contributed by atoms with Crippen molar-refractivity contribution in [1.29, 1.82) is 0 Å². The fourth-order valence-corrected chi connectivity index (χ4v) is 3.64. The second kappa shape index (κ2) is 8.06. The topological polar surface area (TPSA) is 59.7 Å². The van der Waals surface area contributed by atoms with Crippen molar-refractivity contribution in [2.75, 3.05) is 11.9 Å². The van der Waals surface area contributed by atoms with Gasteiger partial charge in [0.1, 0.15) is 5.82 Å². The van der Waals surface area contributed by atoms with Crippen LogP contribution in [0.5, 0.6) is 0 Å². The minimum atomic E-state index is 0.711. The Bertz CT molecular complexity index is 1180. The summed E-state index contributed by atoms with van der Waals surface area (Å²) < 4.78 is 2.04. The van der Waals surface area contributed by atoms with Crippen LogP contribution < -0.4 is 4.90 Å². The molecule has 0 atom stereocenters. The third-order valence-corrected chi connectivity index (χ3v) is 5.35. The number of benzene rings is 1. The number of hydrogen-bond acceptors (Lipinski definition) is 5. The number of rotatable bonds is 5. The Balaban J connectivity index is 1.66. The van der Waals surface area contributed by atoms with Crippen molar-refractivity contribution in [3.05, 3.63) is 83.1 Å². The standard InChI is InChI=1S/C24H26N6/c1-16-8-6-7-9-22(16)30-19(4)21(18(3)28-30)15-29(5)23-14-17(2)26-24(27-23)20-10-12-25-13-11-20/h6-14H,15H2,1-5H3. The highest BCUT2D eigenvalue weighted by molar-refractivity contribution is 5.57. The normalized spacial score (nSPS) is 11.0. The first-order chi connectivity index (χ1) is 14.4. The van der Waals surface area contributed by atoms with Crippen molar-refractivity contribution in [2.45, 2.75) is 34.2 Å². The van der Waals surface area contributed by atoms with Gasteiger partial charge in [0.15, 0.2) is 5.82 Å². The van der Waals surface area contributed by atoms with Crippen LogP contribution in [0.2, 0.25) is 0 Å². The van der Waals surface area contributed by atoms with E-state index in [1.807, 2.05) is 29.8 Å². The minimum absolute atomic E-state index is 0.711. The molecule has 4 aromatic rings. The lowest BCUT2D eigenvalue weighted by atomic mass is 10.1. The van der Waals surface area contributed by atoms with Crippen LogP contribution in [0.25, 0.3) is 17.1 Å². The van der Waals surface area contributed by atoms with E-state index in [2.05, 4.69) is 67.0 Å². The van der Waals surface area contributed by atoms with Gasteiger partial charge in [-0.1, -0.05) is 18.2 Å². The molecule has 0 saturated heterocycles. The molecule has 1 aromatic carbocycles. The Morgan fingerprint density at radius 3 is 2.40 bits per heavy atom. The minimum Gasteiger partial charge on any atom is -0.355 e. The first-order valence-electron chi connectivity index (χ1n) is 10.0. The van der Waals surface area contributed by atoms with E-state index in [0.29, 0.717) is 5.82 Å². The monoisotopic (exact) mass is 398 g/mol. The van der Waals surface area contributed by atoms with Crippen LogP contribution in [0.15, 0.2) is 54.9 Å². The predicted octanol–water partition coefficient (Wildman–Crippen LogP) is 4.59. The smallest absolute Gasteiger partial charge is 0.161 e. The molecule has 30 heavy (non-hydrogen) atoms. The molecule has 152 valence electrons. The Morgan fingerprint density at radius 2 is 1.67 bits per heavy atom. The van der Waals surface area contributed by atoms with Crippen LogP contribution in [0, 0.1) is 27.7 Å². The van der Waals surface area contributed by atoms with Crippen LogP contribution >= 0.6 is 0 Å². The van der Waals surface area contributed by atoms with Crippen molar-refractivity contribution in [3.63, 3.8) is 0 Å². The molecule has 0 aliphatic carbocycles. The Kier molecular flexibility index (Phi) is 5.31. The molecule has 0 aliphatic heterocycles. The molecule has 0 saturated carbocycles. The van der Waals surface area contributed by atoms with Gasteiger partial charge >= 0.3 is 0 Å². The molecular weight excluding hydrogens is 372 g/mol. The summed E-state index contributed by atoms with van der Waals surface area (Å²) in [6.45, 7) is 9.02. The van der Waals surface area contributed by atoms with Gasteiger partial charge in [-0.2, -0.15) is 5.10 Å². The molecule has 4 rings (SSSR count). The first-order valence-corrected chi connectivity index (χ1v) is 10.0. The molecule has 0 radical (unpaired) electrons. The summed E-state index contributed by atoms with van der Waals surface area (Å²) in [4.78, 5) is 15.6. The summed E-state index contributed by atoms with van der Waals surface area (Å²) in [6.07, 6.45) is 3.52. The number of aromatic nitrogens is 5. The summed E-state index contributed by atoms with van der Waals surface area (Å²) in [5.74, 6) is 1.60. The predicted molar refractivity (Wildman–Crippen MR) is 120 cm³/mol. The molecule has 0 N–H and O–H groups in total. The summed E-state index contributed by atoms with van der Waals surface area (Å²) in [7, 11) is 2.06. The first kappa shape index (κ1) is 19.8. The number of aryl methyl sites for hydroxylation is 3. The molecule has 0 bridgehead atoms. The van der Waals surface area contributed by atoms with Gasteiger partial charge in [0.25, 0.3) is 0 Å². The lowest BCUT2D eigenvalue weighted by Crippen LogP contribution is -2.19. The van der Waals surface area contributed by atoms with E-state index in [0.717, 1.165) is 40.7 Å². The largest absolute Gasteiger partial charge is 0.355 e. The van der Waals surface area contributed by atoms with Crippen LogP contribution in [0.1, 0.15) is 28.2 Å². The quantitative estimate of drug-likeness (QED) is 0.492. The van der Waals surface area contributed by atoms with Gasteiger partial charge in [-0.25, -0.2) is 14.6 Å². The lowest BCUT2D eigenvalue weighted by molar-refractivity contribution is 0.824. The third-order valence-electron chi connectivity index (χ3n) is 5.35. The van der Waals surface area contributed by atoms with E-state index >= 15 is 0 Å². The van der Waals surface area contributed by atoms with E-state index in [1.54, 1.807) is 12.4 Å². The molecule has 3 heterocycles. The molecule has 3 aromatic heterocycles. The van der Waals surface area contributed by atoms with Gasteiger partial charge in [0, 0.05) is 54.6 Å². The number of nitrogens with zero attached hydrogens (tertiary/aromatic N) is 6. The van der Waals surface area contributed by atoms with Gasteiger partial charge in [0.2, 0.25) is 0 Å². The maximum atomic E-state index is 4.82. The van der Waals surface area contributed by atoms with Crippen LogP contribution in [0.4, 0.5) is 5.82 Å². The maximum absolute atomic E-state index is 4.82. The van der Waals surface area contributed by atoms with Crippen LogP contribution in [0.3, 0.4) is 0 Å². The average molecular weight is 399 g/mol. The number of pyridine rings is 1. The van der Waals surface area contributed by atoms with Gasteiger partial charge in [-0.15, -0.1) is 0 Å². The van der Waals surface area contributed by atoms with Crippen molar-refractivity contribution in [2.24, 2.45) is 0 Å². The number of anilines is 1. The zero-order valence-electron chi connectivity index (χ0n) is 18.1. The summed E-state index contributed by atoms with van der Waals surface area (Å²) >= 11 is 0. The highest BCUT2D eigenvalue weighted by atomic mass is 15.3. The SMILES string of the molecule is Cc1cc(N(C)Cc2c(C)nn(-c3ccccc3C)c2C)nc(-c2ccncc2)n1. The Hall–Kier alpha value is -3.54. The highest BCUT2D eigenvalue weighted by Crippen LogP contribution is 2.24. The molecule has 6 nitrogen and oxygen atoms in total. The van der Waals surface area contributed by atoms with Crippen molar-refractivity contribution < 1.29 is 0 Å². The van der Waals surface area contributed by atoms with Crippen molar-refractivity contribution >= 4 is 5.82 Å². The zero-order valence-corrected chi connectivity index (χ0v) is 18.1.